The second-order valence-electron chi connectivity index (χ2n) is 8.51. The second kappa shape index (κ2) is 7.91. The zero-order valence-electron chi connectivity index (χ0n) is 18.0. The van der Waals surface area contributed by atoms with Crippen LogP contribution in [0.15, 0.2) is 54.7 Å². The number of hydrogen-bond donors (Lipinski definition) is 1. The molecule has 1 aromatic heterocycles. The number of anilines is 1. The summed E-state index contributed by atoms with van der Waals surface area (Å²) in [5.41, 5.74) is 3.98. The molecule has 0 fully saturated rings. The SMILES string of the molecule is Cn1cc(NC(=O)OCC2c3ccccc3-c3ccccc32)nc1C(=O)OC(C)(C)C. The van der Waals surface area contributed by atoms with Crippen molar-refractivity contribution in [2.24, 2.45) is 7.05 Å². The summed E-state index contributed by atoms with van der Waals surface area (Å²) < 4.78 is 12.4. The maximum atomic E-state index is 12.4. The molecular weight excluding hydrogens is 394 g/mol. The van der Waals surface area contributed by atoms with Crippen molar-refractivity contribution in [3.63, 3.8) is 0 Å². The Morgan fingerprint density at radius 3 is 2.19 bits per heavy atom. The van der Waals surface area contributed by atoms with Crippen molar-refractivity contribution in [2.45, 2.75) is 32.3 Å². The smallest absolute Gasteiger partial charge is 0.412 e. The zero-order chi connectivity index (χ0) is 22.2. The number of carbonyl (C=O) groups excluding carboxylic acids is 2. The fourth-order valence-corrected chi connectivity index (χ4v) is 3.78. The molecule has 1 aliphatic carbocycles. The molecular formula is C24H25N3O4. The van der Waals surface area contributed by atoms with Crippen LogP contribution in [0.5, 0.6) is 0 Å². The Kier molecular flexibility index (Phi) is 5.27. The molecule has 3 aromatic rings. The predicted molar refractivity (Wildman–Crippen MR) is 117 cm³/mol. The number of hydrogen-bond acceptors (Lipinski definition) is 5. The summed E-state index contributed by atoms with van der Waals surface area (Å²) in [7, 11) is 1.66. The molecule has 1 amide bonds. The van der Waals surface area contributed by atoms with Gasteiger partial charge in [-0.15, -0.1) is 0 Å². The Bertz CT molecular complexity index is 1100. The first-order chi connectivity index (χ1) is 14.7. The van der Waals surface area contributed by atoms with Gasteiger partial charge in [0.25, 0.3) is 0 Å². The Morgan fingerprint density at radius 1 is 1.03 bits per heavy atom. The minimum absolute atomic E-state index is 0.0285. The highest BCUT2D eigenvalue weighted by Crippen LogP contribution is 2.44. The van der Waals surface area contributed by atoms with Crippen molar-refractivity contribution >= 4 is 17.9 Å². The van der Waals surface area contributed by atoms with E-state index in [1.807, 2.05) is 24.3 Å². The molecule has 0 unspecified atom stereocenters. The van der Waals surface area contributed by atoms with E-state index in [1.165, 1.54) is 15.7 Å². The quantitative estimate of drug-likeness (QED) is 0.618. The fraction of sp³-hybridized carbons (Fsp3) is 0.292. The van der Waals surface area contributed by atoms with Gasteiger partial charge in [0.15, 0.2) is 5.82 Å². The van der Waals surface area contributed by atoms with Gasteiger partial charge in [0.1, 0.15) is 12.2 Å². The standard InChI is InChI=1S/C24H25N3O4/c1-24(2,3)31-22(28)21-25-20(13-27(21)4)26-23(29)30-14-19-17-11-7-5-9-15(17)16-10-6-8-12-18(16)19/h5-13,19H,14H2,1-4H3,(H,26,29). The third kappa shape index (κ3) is 4.30. The van der Waals surface area contributed by atoms with Gasteiger partial charge in [0.2, 0.25) is 5.82 Å². The maximum Gasteiger partial charge on any atom is 0.412 e. The van der Waals surface area contributed by atoms with Gasteiger partial charge in [-0.1, -0.05) is 48.5 Å². The first-order valence-corrected chi connectivity index (χ1v) is 10.1. The monoisotopic (exact) mass is 419 g/mol. The van der Waals surface area contributed by atoms with E-state index in [1.54, 1.807) is 34.0 Å². The molecule has 0 saturated carbocycles. The number of nitrogens with one attached hydrogen (secondary N) is 1. The molecule has 0 bridgehead atoms. The normalized spacial score (nSPS) is 12.8. The molecule has 1 heterocycles. The molecule has 4 rings (SSSR count). The molecule has 1 N–H and O–H groups in total. The average Bonchev–Trinajstić information content (AvgIpc) is 3.23. The lowest BCUT2D eigenvalue weighted by atomic mass is 9.98. The lowest BCUT2D eigenvalue weighted by molar-refractivity contribution is 0.00518. The molecule has 0 saturated heterocycles. The predicted octanol–water partition coefficient (Wildman–Crippen LogP) is 4.74. The molecule has 0 spiro atoms. The molecule has 1 aliphatic rings. The van der Waals surface area contributed by atoms with Crippen LogP contribution in [0.4, 0.5) is 10.6 Å². The zero-order valence-corrected chi connectivity index (χ0v) is 18.0. The molecule has 0 aliphatic heterocycles. The Labute approximate surface area is 181 Å². The highest BCUT2D eigenvalue weighted by atomic mass is 16.6. The van der Waals surface area contributed by atoms with Gasteiger partial charge in [0.05, 0.1) is 0 Å². The van der Waals surface area contributed by atoms with Crippen LogP contribution in [0.3, 0.4) is 0 Å². The van der Waals surface area contributed by atoms with E-state index in [-0.39, 0.29) is 24.2 Å². The van der Waals surface area contributed by atoms with E-state index in [9.17, 15) is 9.59 Å². The highest BCUT2D eigenvalue weighted by Gasteiger charge is 2.29. The number of rotatable bonds is 4. The van der Waals surface area contributed by atoms with Crippen LogP contribution in [-0.2, 0) is 16.5 Å². The van der Waals surface area contributed by atoms with Crippen molar-refractivity contribution in [3.05, 3.63) is 71.7 Å². The largest absolute Gasteiger partial charge is 0.454 e. The molecule has 160 valence electrons. The number of benzene rings is 2. The molecule has 0 atom stereocenters. The van der Waals surface area contributed by atoms with Crippen LogP contribution in [0.25, 0.3) is 11.1 Å². The molecule has 7 heteroatoms. The van der Waals surface area contributed by atoms with Gasteiger partial charge in [-0.2, -0.15) is 0 Å². The first kappa shape index (κ1) is 20.7. The average molecular weight is 419 g/mol. The lowest BCUT2D eigenvalue weighted by Crippen LogP contribution is -2.25. The molecule has 31 heavy (non-hydrogen) atoms. The minimum Gasteiger partial charge on any atom is -0.454 e. The molecule has 2 aromatic carbocycles. The van der Waals surface area contributed by atoms with Gasteiger partial charge < -0.3 is 14.0 Å². The minimum atomic E-state index is -0.635. The summed E-state index contributed by atoms with van der Waals surface area (Å²) >= 11 is 0. The number of aryl methyl sites for hydroxylation is 1. The van der Waals surface area contributed by atoms with Crippen LogP contribution < -0.4 is 5.32 Å². The van der Waals surface area contributed by atoms with Crippen molar-refractivity contribution in [1.29, 1.82) is 0 Å². The Hall–Kier alpha value is -3.61. The number of nitrogens with zero attached hydrogens (tertiary/aromatic N) is 2. The highest BCUT2D eigenvalue weighted by molar-refractivity contribution is 5.88. The van der Waals surface area contributed by atoms with E-state index >= 15 is 0 Å². The number of aromatic nitrogens is 2. The van der Waals surface area contributed by atoms with Gasteiger partial charge in [0, 0.05) is 19.2 Å². The van der Waals surface area contributed by atoms with Crippen molar-refractivity contribution in [2.75, 3.05) is 11.9 Å². The number of esters is 1. The third-order valence-electron chi connectivity index (χ3n) is 5.03. The van der Waals surface area contributed by atoms with Crippen molar-refractivity contribution in [1.82, 2.24) is 9.55 Å². The van der Waals surface area contributed by atoms with Crippen LogP contribution in [0, 0.1) is 0 Å². The van der Waals surface area contributed by atoms with Gasteiger partial charge in [-0.05, 0) is 43.0 Å². The molecule has 0 radical (unpaired) electrons. The number of imidazole rings is 1. The second-order valence-corrected chi connectivity index (χ2v) is 8.51. The van der Waals surface area contributed by atoms with Crippen LogP contribution in [0.2, 0.25) is 0 Å². The van der Waals surface area contributed by atoms with Gasteiger partial charge >= 0.3 is 12.1 Å². The van der Waals surface area contributed by atoms with Crippen LogP contribution in [0.1, 0.15) is 48.4 Å². The van der Waals surface area contributed by atoms with E-state index < -0.39 is 17.7 Å². The fourth-order valence-electron chi connectivity index (χ4n) is 3.78. The summed E-state index contributed by atoms with van der Waals surface area (Å²) in [5, 5.41) is 2.59. The summed E-state index contributed by atoms with van der Waals surface area (Å²) in [5.74, 6) is -0.265. The van der Waals surface area contributed by atoms with E-state index in [2.05, 4.69) is 34.6 Å². The maximum absolute atomic E-state index is 12.4. The summed E-state index contributed by atoms with van der Waals surface area (Å²) in [6.07, 6.45) is 0.913. The van der Waals surface area contributed by atoms with Gasteiger partial charge in [-0.3, -0.25) is 5.32 Å². The Morgan fingerprint density at radius 2 is 1.61 bits per heavy atom. The van der Waals surface area contributed by atoms with Crippen LogP contribution >= 0.6 is 0 Å². The summed E-state index contributed by atoms with van der Waals surface area (Å²) in [4.78, 5) is 28.8. The Balaban J connectivity index is 1.43. The van der Waals surface area contributed by atoms with Crippen molar-refractivity contribution < 1.29 is 19.1 Å². The number of amides is 1. The summed E-state index contributed by atoms with van der Waals surface area (Å²) in [6.45, 7) is 5.54. The number of carbonyl (C=O) groups is 2. The number of fused-ring (bicyclic) bond motifs is 3. The topological polar surface area (TPSA) is 82.5 Å². The first-order valence-electron chi connectivity index (χ1n) is 10.1. The number of ether oxygens (including phenoxy) is 2. The lowest BCUT2D eigenvalue weighted by Gasteiger charge is -2.18. The summed E-state index contributed by atoms with van der Waals surface area (Å²) in [6, 6.07) is 16.3. The van der Waals surface area contributed by atoms with Crippen LogP contribution in [-0.4, -0.2) is 33.8 Å². The van der Waals surface area contributed by atoms with E-state index in [0.717, 1.165) is 11.1 Å². The molecule has 7 nitrogen and oxygen atoms in total. The third-order valence-corrected chi connectivity index (χ3v) is 5.03. The van der Waals surface area contributed by atoms with Gasteiger partial charge in [-0.25, -0.2) is 14.6 Å². The van der Waals surface area contributed by atoms with E-state index in [4.69, 9.17) is 9.47 Å². The van der Waals surface area contributed by atoms with Crippen molar-refractivity contribution in [3.8, 4) is 11.1 Å². The van der Waals surface area contributed by atoms with E-state index in [0.29, 0.717) is 0 Å².